The summed E-state index contributed by atoms with van der Waals surface area (Å²) in [4.78, 5) is 25.8. The number of amides is 1. The summed E-state index contributed by atoms with van der Waals surface area (Å²) in [5.41, 5.74) is 1.18. The highest BCUT2D eigenvalue weighted by molar-refractivity contribution is 5.93. The molecule has 0 saturated carbocycles. The SMILES string of the molecule is Cc1cc(O[C@H]2CCN(C(=O)c3cc(-c4ccc(F)cc4)n[nH]3)C2)cc(=O)o1. The molecule has 4 rings (SSSR count). The molecular formula is C20H18FN3O4. The summed E-state index contributed by atoms with van der Waals surface area (Å²) in [6.45, 7) is 2.62. The van der Waals surface area contributed by atoms with Gasteiger partial charge in [0, 0.05) is 24.6 Å². The van der Waals surface area contributed by atoms with Crippen LogP contribution in [0.25, 0.3) is 11.3 Å². The third-order valence-electron chi connectivity index (χ3n) is 4.55. The van der Waals surface area contributed by atoms with Gasteiger partial charge in [-0.1, -0.05) is 0 Å². The normalized spacial score (nSPS) is 16.4. The molecule has 3 heterocycles. The number of aromatic nitrogens is 2. The molecule has 28 heavy (non-hydrogen) atoms. The molecule has 1 fully saturated rings. The second-order valence-electron chi connectivity index (χ2n) is 6.68. The molecule has 0 spiro atoms. The number of nitrogens with zero attached hydrogens (tertiary/aromatic N) is 2. The van der Waals surface area contributed by atoms with Crippen LogP contribution < -0.4 is 10.4 Å². The molecule has 0 unspecified atom stereocenters. The van der Waals surface area contributed by atoms with Crippen molar-refractivity contribution in [1.29, 1.82) is 0 Å². The van der Waals surface area contributed by atoms with Gasteiger partial charge in [-0.25, -0.2) is 9.18 Å². The molecule has 1 saturated heterocycles. The molecule has 1 amide bonds. The number of nitrogens with one attached hydrogen (secondary N) is 1. The molecule has 3 aromatic rings. The number of hydrogen-bond donors (Lipinski definition) is 1. The first-order chi connectivity index (χ1) is 13.5. The predicted molar refractivity (Wildman–Crippen MR) is 98.6 cm³/mol. The number of aromatic amines is 1. The molecule has 1 aromatic carbocycles. The summed E-state index contributed by atoms with van der Waals surface area (Å²) in [7, 11) is 0. The van der Waals surface area contributed by atoms with E-state index in [4.69, 9.17) is 9.15 Å². The van der Waals surface area contributed by atoms with Crippen LogP contribution in [0.4, 0.5) is 4.39 Å². The average Bonchev–Trinajstić information content (AvgIpc) is 3.31. The number of likely N-dealkylation sites (tertiary alicyclic amines) is 1. The van der Waals surface area contributed by atoms with E-state index < -0.39 is 5.63 Å². The highest BCUT2D eigenvalue weighted by Crippen LogP contribution is 2.22. The topological polar surface area (TPSA) is 88.4 Å². The number of hydrogen-bond acceptors (Lipinski definition) is 5. The van der Waals surface area contributed by atoms with Gasteiger partial charge in [-0.3, -0.25) is 9.89 Å². The van der Waals surface area contributed by atoms with E-state index in [1.165, 1.54) is 18.2 Å². The summed E-state index contributed by atoms with van der Waals surface area (Å²) < 4.78 is 23.8. The Morgan fingerprint density at radius 2 is 2.07 bits per heavy atom. The van der Waals surface area contributed by atoms with Crippen LogP contribution in [-0.4, -0.2) is 40.2 Å². The number of carbonyl (C=O) groups excluding carboxylic acids is 1. The first-order valence-corrected chi connectivity index (χ1v) is 8.87. The maximum atomic E-state index is 13.1. The highest BCUT2D eigenvalue weighted by atomic mass is 19.1. The average molecular weight is 383 g/mol. The van der Waals surface area contributed by atoms with Crippen LogP contribution in [0.15, 0.2) is 51.7 Å². The Morgan fingerprint density at radius 3 is 2.82 bits per heavy atom. The van der Waals surface area contributed by atoms with E-state index in [0.717, 1.165) is 5.56 Å². The lowest BCUT2D eigenvalue weighted by atomic mass is 10.1. The van der Waals surface area contributed by atoms with E-state index in [2.05, 4.69) is 10.2 Å². The molecule has 1 N–H and O–H groups in total. The number of benzene rings is 1. The molecule has 0 bridgehead atoms. The van der Waals surface area contributed by atoms with Gasteiger partial charge in [0.2, 0.25) is 0 Å². The molecule has 7 nitrogen and oxygen atoms in total. The quantitative estimate of drug-likeness (QED) is 0.748. The van der Waals surface area contributed by atoms with E-state index in [9.17, 15) is 14.0 Å². The number of halogens is 1. The first-order valence-electron chi connectivity index (χ1n) is 8.87. The summed E-state index contributed by atoms with van der Waals surface area (Å²) in [5, 5.41) is 6.89. The molecule has 2 aromatic heterocycles. The van der Waals surface area contributed by atoms with Gasteiger partial charge in [-0.05, 0) is 37.3 Å². The van der Waals surface area contributed by atoms with E-state index >= 15 is 0 Å². The number of rotatable bonds is 4. The number of ether oxygens (including phenoxy) is 1. The Kier molecular flexibility index (Phi) is 4.68. The molecule has 0 radical (unpaired) electrons. The number of carbonyl (C=O) groups is 1. The summed E-state index contributed by atoms with van der Waals surface area (Å²) in [6.07, 6.45) is 0.453. The van der Waals surface area contributed by atoms with Crippen molar-refractivity contribution in [3.8, 4) is 17.0 Å². The van der Waals surface area contributed by atoms with Gasteiger partial charge in [0.25, 0.3) is 5.91 Å². The maximum absolute atomic E-state index is 13.1. The van der Waals surface area contributed by atoms with E-state index in [0.29, 0.717) is 42.4 Å². The Balaban J connectivity index is 1.42. The molecule has 1 aliphatic rings. The Morgan fingerprint density at radius 1 is 1.29 bits per heavy atom. The van der Waals surface area contributed by atoms with Crippen molar-refractivity contribution in [3.05, 3.63) is 70.2 Å². The third-order valence-corrected chi connectivity index (χ3v) is 4.55. The lowest BCUT2D eigenvalue weighted by Gasteiger charge is -2.16. The lowest BCUT2D eigenvalue weighted by molar-refractivity contribution is 0.0766. The molecule has 144 valence electrons. The fourth-order valence-corrected chi connectivity index (χ4v) is 3.22. The van der Waals surface area contributed by atoms with Crippen molar-refractivity contribution in [3.63, 3.8) is 0 Å². The Labute approximate surface area is 159 Å². The zero-order chi connectivity index (χ0) is 19.7. The Bertz CT molecular complexity index is 1060. The van der Waals surface area contributed by atoms with Crippen LogP contribution in [0.1, 0.15) is 22.7 Å². The van der Waals surface area contributed by atoms with Crippen LogP contribution in [0.5, 0.6) is 5.75 Å². The van der Waals surface area contributed by atoms with Crippen LogP contribution in [0.3, 0.4) is 0 Å². The second-order valence-corrected chi connectivity index (χ2v) is 6.68. The standard InChI is InChI=1S/C20H18FN3O4/c1-12-8-16(9-19(25)27-12)28-15-6-7-24(11-15)20(26)18-10-17(22-23-18)13-2-4-14(21)5-3-13/h2-5,8-10,15H,6-7,11H2,1H3,(H,22,23)/t15-/m0/s1. The van der Waals surface area contributed by atoms with Crippen molar-refractivity contribution < 1.29 is 18.3 Å². The highest BCUT2D eigenvalue weighted by Gasteiger charge is 2.29. The minimum atomic E-state index is -0.466. The van der Waals surface area contributed by atoms with Gasteiger partial charge in [0.05, 0.1) is 18.3 Å². The van der Waals surface area contributed by atoms with Crippen molar-refractivity contribution in [2.75, 3.05) is 13.1 Å². The predicted octanol–water partition coefficient (Wildman–Crippen LogP) is 2.77. The molecular weight excluding hydrogens is 365 g/mol. The van der Waals surface area contributed by atoms with Gasteiger partial charge in [-0.2, -0.15) is 5.10 Å². The van der Waals surface area contributed by atoms with Crippen LogP contribution in [0, 0.1) is 12.7 Å². The minimum Gasteiger partial charge on any atom is -0.488 e. The summed E-state index contributed by atoms with van der Waals surface area (Å²) in [6, 6.07) is 10.5. The number of aryl methyl sites for hydroxylation is 1. The van der Waals surface area contributed by atoms with Crippen molar-refractivity contribution in [1.82, 2.24) is 15.1 Å². The summed E-state index contributed by atoms with van der Waals surface area (Å²) in [5.74, 6) is 0.396. The zero-order valence-corrected chi connectivity index (χ0v) is 15.1. The smallest absolute Gasteiger partial charge is 0.339 e. The van der Waals surface area contributed by atoms with Gasteiger partial charge < -0.3 is 14.1 Å². The fourth-order valence-electron chi connectivity index (χ4n) is 3.22. The fraction of sp³-hybridized carbons (Fsp3) is 0.250. The van der Waals surface area contributed by atoms with Crippen LogP contribution >= 0.6 is 0 Å². The largest absolute Gasteiger partial charge is 0.488 e. The van der Waals surface area contributed by atoms with Crippen molar-refractivity contribution in [2.24, 2.45) is 0 Å². The lowest BCUT2D eigenvalue weighted by Crippen LogP contribution is -2.31. The monoisotopic (exact) mass is 383 g/mol. The van der Waals surface area contributed by atoms with E-state index in [1.807, 2.05) is 0 Å². The van der Waals surface area contributed by atoms with Gasteiger partial charge in [-0.15, -0.1) is 0 Å². The van der Waals surface area contributed by atoms with Gasteiger partial charge in [0.1, 0.15) is 29.1 Å². The Hall–Kier alpha value is -3.42. The van der Waals surface area contributed by atoms with Gasteiger partial charge in [0.15, 0.2) is 0 Å². The van der Waals surface area contributed by atoms with Gasteiger partial charge >= 0.3 is 5.63 Å². The first kappa shape index (κ1) is 18.0. The molecule has 8 heteroatoms. The van der Waals surface area contributed by atoms with Crippen molar-refractivity contribution in [2.45, 2.75) is 19.4 Å². The maximum Gasteiger partial charge on any atom is 0.339 e. The summed E-state index contributed by atoms with van der Waals surface area (Å²) >= 11 is 0. The van der Waals surface area contributed by atoms with Crippen molar-refractivity contribution >= 4 is 5.91 Å². The van der Waals surface area contributed by atoms with Crippen LogP contribution in [0.2, 0.25) is 0 Å². The third kappa shape index (κ3) is 3.80. The van der Waals surface area contributed by atoms with E-state index in [-0.39, 0.29) is 17.8 Å². The molecule has 1 atom stereocenters. The number of H-pyrrole nitrogens is 1. The van der Waals surface area contributed by atoms with E-state index in [1.54, 1.807) is 36.1 Å². The second kappa shape index (κ2) is 7.30. The zero-order valence-electron chi connectivity index (χ0n) is 15.1. The molecule has 0 aliphatic carbocycles. The minimum absolute atomic E-state index is 0.185. The van der Waals surface area contributed by atoms with Crippen LogP contribution in [-0.2, 0) is 0 Å². The molecule has 1 aliphatic heterocycles.